The van der Waals surface area contributed by atoms with E-state index in [1.54, 1.807) is 0 Å². The molecule has 3 atom stereocenters. The van der Waals surface area contributed by atoms with Crippen molar-refractivity contribution in [3.8, 4) is 0 Å². The summed E-state index contributed by atoms with van der Waals surface area (Å²) in [7, 11) is 0. The molecule has 27 heavy (non-hydrogen) atoms. The molecule has 13 heteroatoms. The minimum atomic E-state index is -1.65. The van der Waals surface area contributed by atoms with Crippen LogP contribution in [0.5, 0.6) is 0 Å². The molecule has 152 valence electrons. The second-order valence-electron chi connectivity index (χ2n) is 5.62. The first kappa shape index (κ1) is 23.8. The van der Waals surface area contributed by atoms with Crippen molar-refractivity contribution in [3.63, 3.8) is 0 Å². The molecule has 0 radical (unpaired) electrons. The summed E-state index contributed by atoms with van der Waals surface area (Å²) in [5.41, 5.74) is 10.5. The molecule has 0 aliphatic heterocycles. The van der Waals surface area contributed by atoms with Gasteiger partial charge in [-0.3, -0.25) is 24.0 Å². The van der Waals surface area contributed by atoms with Crippen LogP contribution in [0.1, 0.15) is 26.2 Å². The van der Waals surface area contributed by atoms with E-state index in [0.717, 1.165) is 0 Å². The van der Waals surface area contributed by atoms with Crippen molar-refractivity contribution in [1.29, 1.82) is 0 Å². The maximum Gasteiger partial charge on any atom is 0.326 e. The van der Waals surface area contributed by atoms with E-state index in [1.807, 2.05) is 5.32 Å². The van der Waals surface area contributed by atoms with Crippen LogP contribution in [-0.2, 0) is 28.8 Å². The highest BCUT2D eigenvalue weighted by Crippen LogP contribution is 1.95. The molecule has 0 heterocycles. The van der Waals surface area contributed by atoms with Crippen LogP contribution in [0.15, 0.2) is 0 Å². The second-order valence-corrected chi connectivity index (χ2v) is 5.62. The van der Waals surface area contributed by atoms with Crippen LogP contribution < -0.4 is 27.4 Å². The molecule has 0 rings (SSSR count). The topological polar surface area (TPSA) is 231 Å². The number of carbonyl (C=O) groups is 6. The van der Waals surface area contributed by atoms with Crippen LogP contribution in [0, 0.1) is 0 Å². The van der Waals surface area contributed by atoms with Crippen molar-refractivity contribution in [3.05, 3.63) is 0 Å². The largest absolute Gasteiger partial charge is 0.481 e. The van der Waals surface area contributed by atoms with E-state index in [1.165, 1.54) is 6.92 Å². The van der Waals surface area contributed by atoms with Crippen molar-refractivity contribution in [2.75, 3.05) is 6.54 Å². The normalized spacial score (nSPS) is 13.6. The molecule has 0 aromatic carbocycles. The number of hydrogen-bond acceptors (Lipinski definition) is 7. The zero-order valence-corrected chi connectivity index (χ0v) is 14.6. The first-order valence-electron chi connectivity index (χ1n) is 7.80. The van der Waals surface area contributed by atoms with Gasteiger partial charge in [-0.25, -0.2) is 4.79 Å². The smallest absolute Gasteiger partial charge is 0.326 e. The van der Waals surface area contributed by atoms with Gasteiger partial charge in [0.05, 0.1) is 19.0 Å². The summed E-state index contributed by atoms with van der Waals surface area (Å²) in [5, 5.41) is 23.8. The Balaban J connectivity index is 4.41. The predicted molar refractivity (Wildman–Crippen MR) is 88.8 cm³/mol. The maximum atomic E-state index is 11.8. The van der Waals surface area contributed by atoms with E-state index in [2.05, 4.69) is 10.6 Å². The van der Waals surface area contributed by atoms with Gasteiger partial charge in [0.25, 0.3) is 0 Å². The van der Waals surface area contributed by atoms with Gasteiger partial charge in [-0.1, -0.05) is 0 Å². The van der Waals surface area contributed by atoms with Crippen LogP contribution in [-0.4, -0.2) is 70.5 Å². The molecule has 0 bridgehead atoms. The van der Waals surface area contributed by atoms with E-state index >= 15 is 0 Å². The Morgan fingerprint density at radius 2 is 1.59 bits per heavy atom. The van der Waals surface area contributed by atoms with Crippen LogP contribution >= 0.6 is 0 Å². The SMILES string of the molecule is C[C@H](NC(=O)[C@@H](N)CCC(N)=O)C(=O)NCC(=O)N[C@@H](CC(=O)O)C(=O)O. The highest BCUT2D eigenvalue weighted by Gasteiger charge is 2.24. The summed E-state index contributed by atoms with van der Waals surface area (Å²) in [4.78, 5) is 67.2. The van der Waals surface area contributed by atoms with Crippen molar-refractivity contribution in [2.45, 2.75) is 44.3 Å². The Morgan fingerprint density at radius 3 is 2.07 bits per heavy atom. The number of rotatable bonds is 12. The third-order valence-electron chi connectivity index (χ3n) is 3.23. The number of nitrogens with one attached hydrogen (secondary N) is 3. The second kappa shape index (κ2) is 11.4. The fraction of sp³-hybridized carbons (Fsp3) is 0.571. The molecule has 0 aliphatic carbocycles. The number of carbonyl (C=O) groups excluding carboxylic acids is 4. The number of nitrogens with two attached hydrogens (primary N) is 2. The lowest BCUT2D eigenvalue weighted by atomic mass is 10.1. The van der Waals surface area contributed by atoms with Gasteiger partial charge in [0, 0.05) is 6.42 Å². The average molecular weight is 389 g/mol. The molecule has 9 N–H and O–H groups in total. The molecule has 13 nitrogen and oxygen atoms in total. The third kappa shape index (κ3) is 10.4. The zero-order valence-electron chi connectivity index (χ0n) is 14.6. The van der Waals surface area contributed by atoms with E-state index < -0.39 is 66.7 Å². The first-order chi connectivity index (χ1) is 12.4. The van der Waals surface area contributed by atoms with Gasteiger partial charge in [0.1, 0.15) is 12.1 Å². The molecule has 0 aromatic heterocycles. The molecule has 4 amide bonds. The lowest BCUT2D eigenvalue weighted by Crippen LogP contribution is -2.52. The summed E-state index contributed by atoms with van der Waals surface area (Å²) in [6.07, 6.45) is -0.931. The van der Waals surface area contributed by atoms with Crippen molar-refractivity contribution in [2.24, 2.45) is 11.5 Å². The van der Waals surface area contributed by atoms with Gasteiger partial charge >= 0.3 is 11.9 Å². The lowest BCUT2D eigenvalue weighted by Gasteiger charge is -2.17. The molecular formula is C14H23N5O8. The number of amides is 4. The summed E-state index contributed by atoms with van der Waals surface area (Å²) in [6, 6.07) is -3.77. The van der Waals surface area contributed by atoms with E-state index in [-0.39, 0.29) is 12.8 Å². The van der Waals surface area contributed by atoms with Crippen molar-refractivity contribution >= 4 is 35.6 Å². The Morgan fingerprint density at radius 1 is 1.00 bits per heavy atom. The number of carboxylic acids is 2. The highest BCUT2D eigenvalue weighted by molar-refractivity contribution is 5.93. The van der Waals surface area contributed by atoms with Gasteiger partial charge in [0.15, 0.2) is 0 Å². The standard InChI is InChI=1S/C14H23N5O8/c1-6(18-13(25)7(15)2-3-9(16)20)12(24)17-5-10(21)19-8(14(26)27)4-11(22)23/h6-8H,2-5,15H2,1H3,(H2,16,20)(H,17,24)(H,18,25)(H,19,21)(H,22,23)(H,26,27)/t6-,7-,8-/m0/s1. The van der Waals surface area contributed by atoms with Crippen molar-refractivity contribution in [1.82, 2.24) is 16.0 Å². The number of primary amides is 1. The zero-order chi connectivity index (χ0) is 21.1. The molecule has 0 fully saturated rings. The Bertz CT molecular complexity index is 608. The van der Waals surface area contributed by atoms with E-state index in [4.69, 9.17) is 21.7 Å². The predicted octanol–water partition coefficient (Wildman–Crippen LogP) is -3.76. The maximum absolute atomic E-state index is 11.8. The fourth-order valence-electron chi connectivity index (χ4n) is 1.76. The molecule has 0 aromatic rings. The highest BCUT2D eigenvalue weighted by atomic mass is 16.4. The number of carboxylic acid groups (broad SMARTS) is 2. The minimum absolute atomic E-state index is 0.00192. The van der Waals surface area contributed by atoms with Gasteiger partial charge in [-0.15, -0.1) is 0 Å². The summed E-state index contributed by atoms with van der Waals surface area (Å²) in [6.45, 7) is 0.687. The van der Waals surface area contributed by atoms with Crippen molar-refractivity contribution < 1.29 is 39.0 Å². The van der Waals surface area contributed by atoms with Gasteiger partial charge in [0.2, 0.25) is 23.6 Å². The van der Waals surface area contributed by atoms with Crippen LogP contribution in [0.3, 0.4) is 0 Å². The minimum Gasteiger partial charge on any atom is -0.481 e. The third-order valence-corrected chi connectivity index (χ3v) is 3.23. The average Bonchev–Trinajstić information content (AvgIpc) is 2.55. The van der Waals surface area contributed by atoms with Gasteiger partial charge in [-0.2, -0.15) is 0 Å². The van der Waals surface area contributed by atoms with Crippen LogP contribution in [0.25, 0.3) is 0 Å². The monoisotopic (exact) mass is 389 g/mol. The van der Waals surface area contributed by atoms with E-state index in [9.17, 15) is 28.8 Å². The Labute approximate surface area is 153 Å². The number of hydrogen-bond donors (Lipinski definition) is 7. The van der Waals surface area contributed by atoms with Crippen LogP contribution in [0.4, 0.5) is 0 Å². The fourth-order valence-corrected chi connectivity index (χ4v) is 1.76. The molecule has 0 saturated heterocycles. The van der Waals surface area contributed by atoms with Gasteiger partial charge < -0.3 is 37.6 Å². The molecule has 0 spiro atoms. The Kier molecular flexibility index (Phi) is 10.0. The molecule has 0 saturated carbocycles. The number of aliphatic carboxylic acids is 2. The quantitative estimate of drug-likeness (QED) is 0.173. The van der Waals surface area contributed by atoms with Gasteiger partial charge in [-0.05, 0) is 13.3 Å². The molecule has 0 aliphatic rings. The molecule has 0 unspecified atom stereocenters. The van der Waals surface area contributed by atoms with Crippen LogP contribution in [0.2, 0.25) is 0 Å². The summed E-state index contributed by atoms with van der Waals surface area (Å²) in [5.74, 6) is -5.97. The summed E-state index contributed by atoms with van der Waals surface area (Å²) < 4.78 is 0. The van der Waals surface area contributed by atoms with E-state index in [0.29, 0.717) is 0 Å². The Hall–Kier alpha value is -3.22. The summed E-state index contributed by atoms with van der Waals surface area (Å²) >= 11 is 0. The lowest BCUT2D eigenvalue weighted by molar-refractivity contribution is -0.147. The first-order valence-corrected chi connectivity index (χ1v) is 7.80. The molecular weight excluding hydrogens is 366 g/mol.